The molecule has 0 aliphatic carbocycles. The van der Waals surface area contributed by atoms with E-state index in [0.29, 0.717) is 0 Å². The van der Waals surface area contributed by atoms with E-state index in [1.54, 1.807) is 0 Å². The van der Waals surface area contributed by atoms with Crippen LogP contribution in [0.3, 0.4) is 0 Å². The highest BCUT2D eigenvalue weighted by molar-refractivity contribution is 5.54. The predicted octanol–water partition coefficient (Wildman–Crippen LogP) is 3.81. The first-order valence-corrected chi connectivity index (χ1v) is 6.85. The smallest absolute Gasteiger partial charge is 0.0539 e. The van der Waals surface area contributed by atoms with Gasteiger partial charge in [0.05, 0.1) is 6.20 Å². The zero-order valence-corrected chi connectivity index (χ0v) is 12.3. The highest BCUT2D eigenvalue weighted by Gasteiger charge is 2.17. The Morgan fingerprint density at radius 3 is 2.58 bits per heavy atom. The van der Waals surface area contributed by atoms with E-state index in [2.05, 4.69) is 68.6 Å². The fourth-order valence-corrected chi connectivity index (χ4v) is 2.16. The van der Waals surface area contributed by atoms with Gasteiger partial charge in [-0.2, -0.15) is 5.10 Å². The first-order chi connectivity index (χ1) is 9.00. The van der Waals surface area contributed by atoms with Crippen molar-refractivity contribution in [3.05, 3.63) is 47.8 Å². The monoisotopic (exact) mass is 257 g/mol. The van der Waals surface area contributed by atoms with Gasteiger partial charge in [-0.1, -0.05) is 39.0 Å². The maximum atomic E-state index is 4.29. The molecule has 3 heteroatoms. The average Bonchev–Trinajstić information content (AvgIpc) is 2.83. The maximum Gasteiger partial charge on any atom is 0.0539 e. The number of aryl methyl sites for hydroxylation is 1. The predicted molar refractivity (Wildman–Crippen MR) is 80.4 cm³/mol. The van der Waals surface area contributed by atoms with E-state index in [1.807, 2.05) is 10.9 Å². The van der Waals surface area contributed by atoms with Crippen LogP contribution in [-0.4, -0.2) is 9.78 Å². The molecule has 1 aromatic heterocycles. The highest BCUT2D eigenvalue weighted by Crippen LogP contribution is 2.29. The summed E-state index contributed by atoms with van der Waals surface area (Å²) in [7, 11) is 0. The van der Waals surface area contributed by atoms with E-state index in [9.17, 15) is 0 Å². The molecule has 0 bridgehead atoms. The molecule has 0 spiro atoms. The number of nitrogens with zero attached hydrogens (tertiary/aromatic N) is 2. The number of hydrogen-bond donors (Lipinski definition) is 1. The quantitative estimate of drug-likeness (QED) is 0.902. The van der Waals surface area contributed by atoms with Crippen LogP contribution in [0.2, 0.25) is 0 Å². The molecule has 0 radical (unpaired) electrons. The number of nitrogens with one attached hydrogen (secondary N) is 1. The molecule has 0 saturated heterocycles. The summed E-state index contributed by atoms with van der Waals surface area (Å²) in [6, 6.07) is 8.51. The van der Waals surface area contributed by atoms with E-state index >= 15 is 0 Å². The molecule has 102 valence electrons. The molecule has 0 unspecified atom stereocenters. The molecule has 2 aromatic rings. The third-order valence-corrected chi connectivity index (χ3v) is 3.23. The number of hydrogen-bond acceptors (Lipinski definition) is 2. The first-order valence-electron chi connectivity index (χ1n) is 6.85. The molecule has 3 nitrogen and oxygen atoms in total. The number of para-hydroxylation sites is 1. The molecule has 19 heavy (non-hydrogen) atoms. The van der Waals surface area contributed by atoms with Crippen LogP contribution < -0.4 is 5.32 Å². The van der Waals surface area contributed by atoms with Crippen molar-refractivity contribution >= 4 is 5.69 Å². The van der Waals surface area contributed by atoms with Gasteiger partial charge >= 0.3 is 0 Å². The molecule has 0 amide bonds. The van der Waals surface area contributed by atoms with Gasteiger partial charge < -0.3 is 5.32 Å². The molecule has 2 rings (SSSR count). The summed E-state index contributed by atoms with van der Waals surface area (Å²) < 4.78 is 1.95. The molecule has 1 heterocycles. The van der Waals surface area contributed by atoms with E-state index in [0.717, 1.165) is 13.1 Å². The van der Waals surface area contributed by atoms with Crippen LogP contribution in [0, 0.1) is 0 Å². The molecular formula is C16H23N3. The van der Waals surface area contributed by atoms with Crippen molar-refractivity contribution in [2.75, 3.05) is 5.32 Å². The Bertz CT molecular complexity index is 535. The maximum absolute atomic E-state index is 4.29. The third kappa shape index (κ3) is 3.37. The van der Waals surface area contributed by atoms with Crippen molar-refractivity contribution in [1.82, 2.24) is 9.78 Å². The second-order valence-corrected chi connectivity index (χ2v) is 5.85. The first kappa shape index (κ1) is 13.7. The number of rotatable bonds is 4. The minimum atomic E-state index is 0.150. The second kappa shape index (κ2) is 5.47. The van der Waals surface area contributed by atoms with Gasteiger partial charge in [-0.15, -0.1) is 0 Å². The number of aromatic nitrogens is 2. The fourth-order valence-electron chi connectivity index (χ4n) is 2.16. The summed E-state index contributed by atoms with van der Waals surface area (Å²) in [5.41, 5.74) is 3.92. The van der Waals surface area contributed by atoms with Crippen molar-refractivity contribution < 1.29 is 0 Å². The Morgan fingerprint density at radius 1 is 1.21 bits per heavy atom. The Kier molecular flexibility index (Phi) is 3.93. The molecule has 0 fully saturated rings. The number of benzene rings is 1. The zero-order valence-electron chi connectivity index (χ0n) is 12.3. The normalized spacial score (nSPS) is 11.6. The molecule has 0 aliphatic heterocycles. The Morgan fingerprint density at radius 2 is 1.95 bits per heavy atom. The van der Waals surface area contributed by atoms with Crippen molar-refractivity contribution in [2.45, 2.75) is 46.2 Å². The largest absolute Gasteiger partial charge is 0.381 e. The lowest BCUT2D eigenvalue weighted by Crippen LogP contribution is -2.14. The summed E-state index contributed by atoms with van der Waals surface area (Å²) in [5.74, 6) is 0. The van der Waals surface area contributed by atoms with Crippen molar-refractivity contribution in [2.24, 2.45) is 0 Å². The van der Waals surface area contributed by atoms with Gasteiger partial charge in [0.2, 0.25) is 0 Å². The van der Waals surface area contributed by atoms with E-state index in [1.165, 1.54) is 16.8 Å². The van der Waals surface area contributed by atoms with Crippen LogP contribution in [0.1, 0.15) is 38.8 Å². The van der Waals surface area contributed by atoms with Gasteiger partial charge in [-0.05, 0) is 24.0 Å². The standard InChI is InChI=1S/C16H23N3/c1-5-19-12-13(11-18-19)10-17-15-9-7-6-8-14(15)16(2,3)4/h6-9,11-12,17H,5,10H2,1-4H3. The van der Waals surface area contributed by atoms with Gasteiger partial charge in [0.1, 0.15) is 0 Å². The Hall–Kier alpha value is -1.77. The van der Waals surface area contributed by atoms with Crippen LogP contribution >= 0.6 is 0 Å². The second-order valence-electron chi connectivity index (χ2n) is 5.85. The third-order valence-electron chi connectivity index (χ3n) is 3.23. The molecule has 0 atom stereocenters. The summed E-state index contributed by atoms with van der Waals surface area (Å²) in [5, 5.41) is 7.81. The van der Waals surface area contributed by atoms with Crippen molar-refractivity contribution in [3.63, 3.8) is 0 Å². The van der Waals surface area contributed by atoms with Crippen LogP contribution in [0.5, 0.6) is 0 Å². The highest BCUT2D eigenvalue weighted by atomic mass is 15.3. The lowest BCUT2D eigenvalue weighted by atomic mass is 9.86. The summed E-state index contributed by atoms with van der Waals surface area (Å²) in [4.78, 5) is 0. The average molecular weight is 257 g/mol. The molecule has 1 aromatic carbocycles. The van der Waals surface area contributed by atoms with Gasteiger partial charge in [0.15, 0.2) is 0 Å². The lowest BCUT2D eigenvalue weighted by molar-refractivity contribution is 0.591. The molecular weight excluding hydrogens is 234 g/mol. The summed E-state index contributed by atoms with van der Waals surface area (Å²) in [6.45, 7) is 10.5. The molecule has 0 aliphatic rings. The van der Waals surface area contributed by atoms with Crippen LogP contribution in [0.15, 0.2) is 36.7 Å². The van der Waals surface area contributed by atoms with Crippen LogP contribution in [-0.2, 0) is 18.5 Å². The van der Waals surface area contributed by atoms with E-state index in [4.69, 9.17) is 0 Å². The van der Waals surface area contributed by atoms with Crippen LogP contribution in [0.4, 0.5) is 5.69 Å². The van der Waals surface area contributed by atoms with Gasteiger partial charge in [0.25, 0.3) is 0 Å². The van der Waals surface area contributed by atoms with Gasteiger partial charge in [0, 0.05) is 30.5 Å². The van der Waals surface area contributed by atoms with E-state index < -0.39 is 0 Å². The minimum Gasteiger partial charge on any atom is -0.381 e. The topological polar surface area (TPSA) is 29.9 Å². The van der Waals surface area contributed by atoms with Gasteiger partial charge in [-0.25, -0.2) is 0 Å². The van der Waals surface area contributed by atoms with E-state index in [-0.39, 0.29) is 5.41 Å². The van der Waals surface area contributed by atoms with Gasteiger partial charge in [-0.3, -0.25) is 4.68 Å². The fraction of sp³-hybridized carbons (Fsp3) is 0.438. The lowest BCUT2D eigenvalue weighted by Gasteiger charge is -2.23. The SMILES string of the molecule is CCn1cc(CNc2ccccc2C(C)(C)C)cn1. The van der Waals surface area contributed by atoms with Crippen LogP contribution in [0.25, 0.3) is 0 Å². The Labute approximate surface area is 115 Å². The van der Waals surface area contributed by atoms with Crippen molar-refractivity contribution in [3.8, 4) is 0 Å². The van der Waals surface area contributed by atoms with Crippen molar-refractivity contribution in [1.29, 1.82) is 0 Å². The minimum absolute atomic E-state index is 0.150. The molecule has 1 N–H and O–H groups in total. The zero-order chi connectivity index (χ0) is 13.9. The molecule has 0 saturated carbocycles. The number of anilines is 1. The summed E-state index contributed by atoms with van der Waals surface area (Å²) >= 11 is 0. The summed E-state index contributed by atoms with van der Waals surface area (Å²) in [6.07, 6.45) is 4.02. The Balaban J connectivity index is 2.11.